The molecule has 0 aliphatic rings. The van der Waals surface area contributed by atoms with Crippen molar-refractivity contribution in [2.45, 2.75) is 6.92 Å². The molecule has 0 aliphatic carbocycles. The third-order valence-corrected chi connectivity index (χ3v) is 2.02. The lowest BCUT2D eigenvalue weighted by atomic mass is 10.3. The van der Waals surface area contributed by atoms with Crippen molar-refractivity contribution < 1.29 is 0 Å². The van der Waals surface area contributed by atoms with Crippen LogP contribution in [0.15, 0.2) is 11.0 Å². The zero-order valence-electron chi connectivity index (χ0n) is 7.77. The summed E-state index contributed by atoms with van der Waals surface area (Å²) in [7, 11) is 3.42. The number of aromatic nitrogens is 4. The summed E-state index contributed by atoms with van der Waals surface area (Å²) in [6.07, 6.45) is 1.80. The van der Waals surface area contributed by atoms with E-state index in [2.05, 4.69) is 10.2 Å². The summed E-state index contributed by atoms with van der Waals surface area (Å²) in [4.78, 5) is 11.5. The van der Waals surface area contributed by atoms with E-state index in [1.807, 2.05) is 6.92 Å². The molecule has 2 heterocycles. The average Bonchev–Trinajstić information content (AvgIpc) is 2.44. The first-order chi connectivity index (χ1) is 6.09. The maximum Gasteiger partial charge on any atom is 0.294 e. The lowest BCUT2D eigenvalue weighted by Gasteiger charge is -1.97. The van der Waals surface area contributed by atoms with Gasteiger partial charge in [0, 0.05) is 25.7 Å². The fourth-order valence-corrected chi connectivity index (χ4v) is 1.39. The summed E-state index contributed by atoms with van der Waals surface area (Å²) in [5.41, 5.74) is 1.16. The smallest absolute Gasteiger partial charge is 0.274 e. The largest absolute Gasteiger partial charge is 0.294 e. The molecule has 0 amide bonds. The molecule has 5 nitrogen and oxygen atoms in total. The summed E-state index contributed by atoms with van der Waals surface area (Å²) >= 11 is 0. The third-order valence-electron chi connectivity index (χ3n) is 2.02. The average molecular weight is 178 g/mol. The number of fused-ring (bicyclic) bond motifs is 1. The zero-order chi connectivity index (χ0) is 9.59. The van der Waals surface area contributed by atoms with Crippen molar-refractivity contribution in [2.75, 3.05) is 0 Å². The van der Waals surface area contributed by atoms with Crippen molar-refractivity contribution in [3.05, 3.63) is 22.2 Å². The van der Waals surface area contributed by atoms with Crippen molar-refractivity contribution in [3.63, 3.8) is 0 Å². The first kappa shape index (κ1) is 7.97. The van der Waals surface area contributed by atoms with E-state index >= 15 is 0 Å². The Morgan fingerprint density at radius 1 is 1.31 bits per heavy atom. The van der Waals surface area contributed by atoms with Gasteiger partial charge in [-0.25, -0.2) is 4.68 Å². The van der Waals surface area contributed by atoms with Crippen LogP contribution in [0, 0.1) is 6.92 Å². The van der Waals surface area contributed by atoms with Crippen LogP contribution >= 0.6 is 0 Å². The van der Waals surface area contributed by atoms with Gasteiger partial charge in [-0.15, -0.1) is 0 Å². The molecule has 0 spiro atoms. The Labute approximate surface area is 74.6 Å². The van der Waals surface area contributed by atoms with E-state index in [1.165, 1.54) is 4.68 Å². The molecular formula is C8H10N4O. The Hall–Kier alpha value is -1.65. The summed E-state index contributed by atoms with van der Waals surface area (Å²) in [5, 5.41) is 8.97. The molecule has 0 aromatic carbocycles. The molecule has 0 unspecified atom stereocenters. The Bertz CT molecular complexity index is 523. The van der Waals surface area contributed by atoms with Gasteiger partial charge in [0.1, 0.15) is 0 Å². The molecule has 0 aliphatic heterocycles. The zero-order valence-corrected chi connectivity index (χ0v) is 7.77. The van der Waals surface area contributed by atoms with Crippen molar-refractivity contribution in [1.29, 1.82) is 0 Å². The number of nitrogens with zero attached hydrogens (tertiary/aromatic N) is 4. The lowest BCUT2D eigenvalue weighted by molar-refractivity contribution is 0.700. The molecule has 0 radical (unpaired) electrons. The minimum atomic E-state index is -0.152. The molecule has 0 bridgehead atoms. The van der Waals surface area contributed by atoms with Crippen LogP contribution in [-0.4, -0.2) is 19.6 Å². The van der Waals surface area contributed by atoms with Crippen LogP contribution in [-0.2, 0) is 14.1 Å². The van der Waals surface area contributed by atoms with E-state index in [0.717, 1.165) is 11.1 Å². The number of hydrogen-bond donors (Lipinski definition) is 0. The van der Waals surface area contributed by atoms with Crippen molar-refractivity contribution >= 4 is 10.9 Å². The maximum absolute atomic E-state index is 11.5. The van der Waals surface area contributed by atoms with Crippen molar-refractivity contribution in [1.82, 2.24) is 19.6 Å². The Morgan fingerprint density at radius 2 is 2.00 bits per heavy atom. The first-order valence-electron chi connectivity index (χ1n) is 3.97. The van der Waals surface area contributed by atoms with E-state index in [4.69, 9.17) is 0 Å². The van der Waals surface area contributed by atoms with Crippen LogP contribution in [0.3, 0.4) is 0 Å². The highest BCUT2D eigenvalue weighted by atomic mass is 16.1. The highest BCUT2D eigenvalue weighted by Gasteiger charge is 2.08. The number of rotatable bonds is 0. The maximum atomic E-state index is 11.5. The molecule has 2 aromatic rings. The molecule has 0 N–H and O–H groups in total. The second-order valence-electron chi connectivity index (χ2n) is 3.08. The number of aryl methyl sites for hydroxylation is 3. The van der Waals surface area contributed by atoms with E-state index in [-0.39, 0.29) is 5.56 Å². The molecule has 68 valence electrons. The summed E-state index contributed by atoms with van der Waals surface area (Å²) in [6, 6.07) is 0. The van der Waals surface area contributed by atoms with Crippen LogP contribution < -0.4 is 5.56 Å². The fourth-order valence-electron chi connectivity index (χ4n) is 1.39. The monoisotopic (exact) mass is 178 g/mol. The summed E-state index contributed by atoms with van der Waals surface area (Å²) < 4.78 is 2.94. The predicted molar refractivity (Wildman–Crippen MR) is 48.5 cm³/mol. The molecule has 0 saturated carbocycles. The van der Waals surface area contributed by atoms with Crippen LogP contribution in [0.1, 0.15) is 5.69 Å². The molecular weight excluding hydrogens is 168 g/mol. The van der Waals surface area contributed by atoms with Crippen LogP contribution in [0.5, 0.6) is 0 Å². The van der Waals surface area contributed by atoms with Crippen molar-refractivity contribution in [2.24, 2.45) is 14.1 Å². The van der Waals surface area contributed by atoms with Gasteiger partial charge in [-0.05, 0) is 6.92 Å². The Kier molecular flexibility index (Phi) is 1.48. The van der Waals surface area contributed by atoms with Gasteiger partial charge in [0.2, 0.25) is 0 Å². The van der Waals surface area contributed by atoms with Gasteiger partial charge in [0.15, 0.2) is 5.52 Å². The predicted octanol–water partition coefficient (Wildman–Crippen LogP) is -0.0246. The van der Waals surface area contributed by atoms with Gasteiger partial charge in [-0.2, -0.15) is 10.2 Å². The second-order valence-corrected chi connectivity index (χ2v) is 3.08. The number of hydrogen-bond acceptors (Lipinski definition) is 3. The third kappa shape index (κ3) is 1.04. The quantitative estimate of drug-likeness (QED) is 0.569. The summed E-state index contributed by atoms with van der Waals surface area (Å²) in [6.45, 7) is 1.86. The first-order valence-corrected chi connectivity index (χ1v) is 3.97. The lowest BCUT2D eigenvalue weighted by Crippen LogP contribution is -2.20. The SMILES string of the molecule is Cc1nn(C)c(=O)c2nn(C)cc12. The standard InChI is InChI=1S/C8H10N4O/c1-5-6-4-11(2)10-7(6)8(13)12(3)9-5/h4H,1-3H3. The molecule has 2 rings (SSSR count). The van der Waals surface area contributed by atoms with E-state index < -0.39 is 0 Å². The van der Waals surface area contributed by atoms with E-state index in [9.17, 15) is 4.79 Å². The van der Waals surface area contributed by atoms with Gasteiger partial charge < -0.3 is 0 Å². The molecule has 0 atom stereocenters. The normalized spacial score (nSPS) is 11.0. The van der Waals surface area contributed by atoms with Gasteiger partial charge in [0.25, 0.3) is 5.56 Å². The van der Waals surface area contributed by atoms with Gasteiger partial charge >= 0.3 is 0 Å². The minimum absolute atomic E-state index is 0.152. The summed E-state index contributed by atoms with van der Waals surface area (Å²) in [5.74, 6) is 0. The van der Waals surface area contributed by atoms with Crippen molar-refractivity contribution in [3.8, 4) is 0 Å². The van der Waals surface area contributed by atoms with Gasteiger partial charge in [-0.1, -0.05) is 0 Å². The van der Waals surface area contributed by atoms with Gasteiger partial charge in [-0.3, -0.25) is 9.48 Å². The molecule has 2 aromatic heterocycles. The molecule has 13 heavy (non-hydrogen) atoms. The topological polar surface area (TPSA) is 52.7 Å². The fraction of sp³-hybridized carbons (Fsp3) is 0.375. The van der Waals surface area contributed by atoms with E-state index in [1.54, 1.807) is 25.0 Å². The van der Waals surface area contributed by atoms with Gasteiger partial charge in [0.05, 0.1) is 5.69 Å². The highest BCUT2D eigenvalue weighted by molar-refractivity contribution is 5.78. The molecule has 0 saturated heterocycles. The molecule has 0 fully saturated rings. The van der Waals surface area contributed by atoms with Crippen LogP contribution in [0.4, 0.5) is 0 Å². The Balaban J connectivity index is 3.04. The van der Waals surface area contributed by atoms with Crippen LogP contribution in [0.2, 0.25) is 0 Å². The second kappa shape index (κ2) is 2.42. The van der Waals surface area contributed by atoms with Crippen LogP contribution in [0.25, 0.3) is 10.9 Å². The van der Waals surface area contributed by atoms with E-state index in [0.29, 0.717) is 5.52 Å². The Morgan fingerprint density at radius 3 is 2.69 bits per heavy atom. The molecule has 5 heteroatoms. The minimum Gasteiger partial charge on any atom is -0.274 e. The highest BCUT2D eigenvalue weighted by Crippen LogP contribution is 2.09.